The predicted molar refractivity (Wildman–Crippen MR) is 106 cm³/mol. The van der Waals surface area contributed by atoms with Crippen molar-refractivity contribution in [2.24, 2.45) is 0 Å². The van der Waals surface area contributed by atoms with Crippen LogP contribution in [-0.2, 0) is 9.53 Å². The molecule has 1 fully saturated rings. The lowest BCUT2D eigenvalue weighted by Gasteiger charge is -2.18. The zero-order valence-corrected chi connectivity index (χ0v) is 16.1. The Kier molecular flexibility index (Phi) is 5.80. The van der Waals surface area contributed by atoms with Crippen molar-refractivity contribution < 1.29 is 28.6 Å². The van der Waals surface area contributed by atoms with E-state index >= 15 is 0 Å². The summed E-state index contributed by atoms with van der Waals surface area (Å²) >= 11 is 0. The van der Waals surface area contributed by atoms with Crippen LogP contribution in [0.1, 0.15) is 33.6 Å². The summed E-state index contributed by atoms with van der Waals surface area (Å²) in [4.78, 5) is 36.9. The molecule has 1 atom stereocenters. The monoisotopic (exact) mass is 411 g/mol. The topological polar surface area (TPSA) is 115 Å². The molecule has 30 heavy (non-hydrogen) atoms. The number of hydrazine groups is 1. The molecule has 156 valence electrons. The van der Waals surface area contributed by atoms with E-state index in [1.165, 1.54) is 6.07 Å². The van der Waals surface area contributed by atoms with Gasteiger partial charge in [0.05, 0.1) is 0 Å². The van der Waals surface area contributed by atoms with Crippen molar-refractivity contribution in [1.29, 1.82) is 0 Å². The van der Waals surface area contributed by atoms with E-state index < -0.39 is 17.9 Å². The molecule has 2 aromatic carbocycles. The SMILES string of the molecule is O=C(NNC(=O)c1ccc2c(c1)OCCO2)c1cccc(NC(=O)[C@H]2CCCO2)c1. The molecule has 0 unspecified atom stereocenters. The number of rotatable bonds is 4. The minimum absolute atomic E-state index is 0.239. The van der Waals surface area contributed by atoms with Gasteiger partial charge in [-0.2, -0.15) is 0 Å². The number of fused-ring (bicyclic) bond motifs is 1. The second-order valence-electron chi connectivity index (χ2n) is 6.84. The fourth-order valence-corrected chi connectivity index (χ4v) is 3.19. The number of hydrogen-bond acceptors (Lipinski definition) is 6. The van der Waals surface area contributed by atoms with Crippen LogP contribution >= 0.6 is 0 Å². The van der Waals surface area contributed by atoms with Gasteiger partial charge in [-0.15, -0.1) is 0 Å². The van der Waals surface area contributed by atoms with Gasteiger partial charge >= 0.3 is 0 Å². The zero-order valence-electron chi connectivity index (χ0n) is 16.1. The maximum atomic E-state index is 12.4. The average molecular weight is 411 g/mol. The van der Waals surface area contributed by atoms with Gasteiger partial charge in [-0.3, -0.25) is 25.2 Å². The molecule has 0 aromatic heterocycles. The fraction of sp³-hybridized carbons (Fsp3) is 0.286. The lowest BCUT2D eigenvalue weighted by molar-refractivity contribution is -0.124. The minimum Gasteiger partial charge on any atom is -0.486 e. The van der Waals surface area contributed by atoms with Crippen molar-refractivity contribution in [3.8, 4) is 11.5 Å². The van der Waals surface area contributed by atoms with Crippen molar-refractivity contribution in [2.75, 3.05) is 25.1 Å². The third-order valence-electron chi connectivity index (χ3n) is 4.71. The molecule has 0 saturated carbocycles. The summed E-state index contributed by atoms with van der Waals surface area (Å²) in [6.45, 7) is 1.44. The predicted octanol–water partition coefficient (Wildman–Crippen LogP) is 1.65. The highest BCUT2D eigenvalue weighted by Crippen LogP contribution is 2.30. The number of benzene rings is 2. The number of nitrogens with one attached hydrogen (secondary N) is 3. The summed E-state index contributed by atoms with van der Waals surface area (Å²) in [5.41, 5.74) is 5.80. The van der Waals surface area contributed by atoms with Crippen LogP contribution in [-0.4, -0.2) is 43.6 Å². The first-order valence-corrected chi connectivity index (χ1v) is 9.63. The normalized spacial score (nSPS) is 17.1. The van der Waals surface area contributed by atoms with Gasteiger partial charge in [0.25, 0.3) is 17.7 Å². The van der Waals surface area contributed by atoms with Crippen molar-refractivity contribution in [2.45, 2.75) is 18.9 Å². The third kappa shape index (κ3) is 4.52. The zero-order chi connectivity index (χ0) is 20.9. The van der Waals surface area contributed by atoms with Gasteiger partial charge in [0.2, 0.25) is 0 Å². The second kappa shape index (κ2) is 8.83. The molecule has 2 aromatic rings. The molecule has 9 nitrogen and oxygen atoms in total. The second-order valence-corrected chi connectivity index (χ2v) is 6.84. The number of carbonyl (C=O) groups is 3. The molecule has 2 aliphatic rings. The Morgan fingerprint density at radius 2 is 1.57 bits per heavy atom. The van der Waals surface area contributed by atoms with Gasteiger partial charge in [0.1, 0.15) is 19.3 Å². The lowest BCUT2D eigenvalue weighted by Crippen LogP contribution is -2.41. The van der Waals surface area contributed by atoms with Crippen LogP contribution in [0.3, 0.4) is 0 Å². The van der Waals surface area contributed by atoms with Gasteiger partial charge in [0.15, 0.2) is 11.5 Å². The van der Waals surface area contributed by atoms with Crippen LogP contribution in [0, 0.1) is 0 Å². The first kappa shape index (κ1) is 19.7. The first-order valence-electron chi connectivity index (χ1n) is 9.63. The third-order valence-corrected chi connectivity index (χ3v) is 4.71. The molecule has 3 amide bonds. The number of carbonyl (C=O) groups excluding carboxylic acids is 3. The minimum atomic E-state index is -0.519. The van der Waals surface area contributed by atoms with E-state index in [9.17, 15) is 14.4 Å². The van der Waals surface area contributed by atoms with Gasteiger partial charge in [0, 0.05) is 23.4 Å². The molecule has 0 aliphatic carbocycles. The summed E-state index contributed by atoms with van der Waals surface area (Å²) in [7, 11) is 0. The maximum Gasteiger partial charge on any atom is 0.269 e. The van der Waals surface area contributed by atoms with Crippen LogP contribution in [0.15, 0.2) is 42.5 Å². The van der Waals surface area contributed by atoms with Crippen molar-refractivity contribution in [3.63, 3.8) is 0 Å². The van der Waals surface area contributed by atoms with E-state index in [0.717, 1.165) is 6.42 Å². The quantitative estimate of drug-likeness (QED) is 0.659. The molecule has 0 bridgehead atoms. The lowest BCUT2D eigenvalue weighted by atomic mass is 10.1. The Morgan fingerprint density at radius 3 is 2.30 bits per heavy atom. The van der Waals surface area contributed by atoms with E-state index in [4.69, 9.17) is 14.2 Å². The molecule has 2 aliphatic heterocycles. The summed E-state index contributed by atoms with van der Waals surface area (Å²) in [5.74, 6) is -0.201. The number of hydrogen-bond donors (Lipinski definition) is 3. The summed E-state index contributed by atoms with van der Waals surface area (Å²) in [6, 6.07) is 11.2. The van der Waals surface area contributed by atoms with Crippen LogP contribution in [0.5, 0.6) is 11.5 Å². The van der Waals surface area contributed by atoms with E-state index in [2.05, 4.69) is 16.2 Å². The van der Waals surface area contributed by atoms with Crippen molar-refractivity contribution in [3.05, 3.63) is 53.6 Å². The van der Waals surface area contributed by atoms with Gasteiger partial charge in [-0.05, 0) is 49.2 Å². The summed E-state index contributed by atoms with van der Waals surface area (Å²) in [6.07, 6.45) is 1.06. The first-order chi connectivity index (χ1) is 14.6. The molecule has 3 N–H and O–H groups in total. The molecular formula is C21H21N3O6. The Hall–Kier alpha value is -3.59. The smallest absolute Gasteiger partial charge is 0.269 e. The molecule has 2 heterocycles. The molecule has 0 radical (unpaired) electrons. The van der Waals surface area contributed by atoms with Crippen LogP contribution in [0.25, 0.3) is 0 Å². The van der Waals surface area contributed by atoms with E-state index in [0.29, 0.717) is 49.0 Å². The van der Waals surface area contributed by atoms with Gasteiger partial charge < -0.3 is 19.5 Å². The van der Waals surface area contributed by atoms with E-state index in [-0.39, 0.29) is 11.5 Å². The number of ether oxygens (including phenoxy) is 3. The van der Waals surface area contributed by atoms with Gasteiger partial charge in [-0.25, -0.2) is 0 Å². The highest BCUT2D eigenvalue weighted by atomic mass is 16.6. The highest BCUT2D eigenvalue weighted by Gasteiger charge is 2.23. The van der Waals surface area contributed by atoms with E-state index in [1.807, 2.05) is 0 Å². The van der Waals surface area contributed by atoms with Crippen LogP contribution in [0.2, 0.25) is 0 Å². The fourth-order valence-electron chi connectivity index (χ4n) is 3.19. The van der Waals surface area contributed by atoms with E-state index in [1.54, 1.807) is 36.4 Å². The van der Waals surface area contributed by atoms with Crippen LogP contribution < -0.4 is 25.6 Å². The van der Waals surface area contributed by atoms with Crippen molar-refractivity contribution >= 4 is 23.4 Å². The van der Waals surface area contributed by atoms with Crippen molar-refractivity contribution in [1.82, 2.24) is 10.9 Å². The Bertz CT molecular complexity index is 971. The Labute approximate surface area is 172 Å². The highest BCUT2D eigenvalue weighted by molar-refractivity contribution is 6.01. The molecule has 0 spiro atoms. The Morgan fingerprint density at radius 1 is 0.833 bits per heavy atom. The molecular weight excluding hydrogens is 390 g/mol. The van der Waals surface area contributed by atoms with Gasteiger partial charge in [-0.1, -0.05) is 6.07 Å². The largest absolute Gasteiger partial charge is 0.486 e. The summed E-state index contributed by atoms with van der Waals surface area (Å²) in [5, 5.41) is 2.74. The van der Waals surface area contributed by atoms with Crippen LogP contribution in [0.4, 0.5) is 5.69 Å². The molecule has 9 heteroatoms. The standard InChI is InChI=1S/C21H21N3O6/c25-19(13-3-1-4-15(11-13)22-21(27)17-5-2-8-28-17)23-24-20(26)14-6-7-16-18(12-14)30-10-9-29-16/h1,3-4,6-7,11-12,17H,2,5,8-10H2,(H,22,27)(H,23,25)(H,24,26)/t17-/m1/s1. The molecule has 4 rings (SSSR count). The average Bonchev–Trinajstić information content (AvgIpc) is 3.32. The number of amides is 3. The molecule has 1 saturated heterocycles. The number of anilines is 1. The Balaban J connectivity index is 1.34. The maximum absolute atomic E-state index is 12.4. The summed E-state index contributed by atoms with van der Waals surface area (Å²) < 4.78 is 16.2.